The summed E-state index contributed by atoms with van der Waals surface area (Å²) in [6.45, 7) is 1.79. The maximum Gasteiger partial charge on any atom is 0.231 e. The molecule has 0 bridgehead atoms. The van der Waals surface area contributed by atoms with Gasteiger partial charge in [-0.25, -0.2) is 0 Å². The maximum absolute atomic E-state index is 10.5. The molecule has 0 spiro atoms. The largest absolute Gasteiger partial charge is 0.454 e. The van der Waals surface area contributed by atoms with Crippen LogP contribution in [0.4, 0.5) is 0 Å². The number of nitrogens with two attached hydrogens (primary N) is 1. The second-order valence-corrected chi connectivity index (χ2v) is 4.88. The molecule has 5 nitrogen and oxygen atoms in total. The van der Waals surface area contributed by atoms with E-state index in [1.807, 2.05) is 18.2 Å². The Labute approximate surface area is 105 Å². The lowest BCUT2D eigenvalue weighted by atomic mass is 9.78. The quantitative estimate of drug-likeness (QED) is 0.831. The van der Waals surface area contributed by atoms with Crippen LogP contribution >= 0.6 is 0 Å². The average Bonchev–Trinajstić information content (AvgIpc) is 3.06. The molecule has 98 valence electrons. The van der Waals surface area contributed by atoms with Crippen LogP contribution in [0.5, 0.6) is 11.5 Å². The number of hydrogen-bond acceptors (Lipinski definition) is 5. The fourth-order valence-corrected chi connectivity index (χ4v) is 2.55. The number of ether oxygens (including phenoxy) is 3. The van der Waals surface area contributed by atoms with Crippen molar-refractivity contribution in [2.24, 2.45) is 11.1 Å². The molecule has 1 saturated heterocycles. The van der Waals surface area contributed by atoms with Gasteiger partial charge in [0.2, 0.25) is 6.79 Å². The maximum atomic E-state index is 10.5. The highest BCUT2D eigenvalue weighted by atomic mass is 16.7. The van der Waals surface area contributed by atoms with Crippen molar-refractivity contribution in [3.8, 4) is 11.5 Å². The molecule has 1 aromatic carbocycles. The number of rotatable bonds is 3. The predicted octanol–water partition coefficient (Wildman–Crippen LogP) is 0.814. The first-order valence-corrected chi connectivity index (χ1v) is 6.11. The number of aliphatic hydroxyl groups excluding tert-OH is 1. The zero-order valence-corrected chi connectivity index (χ0v) is 10.1. The molecule has 2 unspecified atom stereocenters. The Bertz CT molecular complexity index is 443. The summed E-state index contributed by atoms with van der Waals surface area (Å²) in [4.78, 5) is 0. The number of aliphatic hydroxyl groups is 1. The molecule has 2 aliphatic rings. The normalized spacial score (nSPS) is 27.4. The van der Waals surface area contributed by atoms with E-state index >= 15 is 0 Å². The standard InChI is InChI=1S/C13H17NO4/c14-6-13(3-4-16-7-13)12(15)9-1-2-10-11(5-9)18-8-17-10/h1-2,5,12,15H,3-4,6-8,14H2. The Morgan fingerprint density at radius 1 is 1.33 bits per heavy atom. The third-order valence-electron chi connectivity index (χ3n) is 3.83. The summed E-state index contributed by atoms with van der Waals surface area (Å²) in [6, 6.07) is 5.50. The number of benzene rings is 1. The van der Waals surface area contributed by atoms with E-state index in [1.165, 1.54) is 0 Å². The van der Waals surface area contributed by atoms with Crippen LogP contribution < -0.4 is 15.2 Å². The van der Waals surface area contributed by atoms with Gasteiger partial charge in [-0.15, -0.1) is 0 Å². The molecule has 0 aliphatic carbocycles. The summed E-state index contributed by atoms with van der Waals surface area (Å²) in [5.41, 5.74) is 6.24. The van der Waals surface area contributed by atoms with E-state index in [2.05, 4.69) is 0 Å². The molecule has 18 heavy (non-hydrogen) atoms. The van der Waals surface area contributed by atoms with Gasteiger partial charge in [0.25, 0.3) is 0 Å². The van der Waals surface area contributed by atoms with Crippen LogP contribution in [0.3, 0.4) is 0 Å². The van der Waals surface area contributed by atoms with Crippen molar-refractivity contribution in [1.82, 2.24) is 0 Å². The van der Waals surface area contributed by atoms with E-state index in [0.717, 1.165) is 17.7 Å². The molecule has 0 saturated carbocycles. The van der Waals surface area contributed by atoms with Gasteiger partial charge in [0.1, 0.15) is 0 Å². The summed E-state index contributed by atoms with van der Waals surface area (Å²) in [6.07, 6.45) is 0.138. The van der Waals surface area contributed by atoms with Gasteiger partial charge in [-0.2, -0.15) is 0 Å². The predicted molar refractivity (Wildman–Crippen MR) is 64.4 cm³/mol. The van der Waals surface area contributed by atoms with Crippen LogP contribution in [0.25, 0.3) is 0 Å². The third kappa shape index (κ3) is 1.75. The molecule has 3 N–H and O–H groups in total. The smallest absolute Gasteiger partial charge is 0.231 e. The van der Waals surface area contributed by atoms with Crippen molar-refractivity contribution in [1.29, 1.82) is 0 Å². The first kappa shape index (κ1) is 11.8. The van der Waals surface area contributed by atoms with Gasteiger partial charge in [0, 0.05) is 18.6 Å². The van der Waals surface area contributed by atoms with Gasteiger partial charge in [-0.3, -0.25) is 0 Å². The van der Waals surface area contributed by atoms with Crippen LogP contribution in [0.1, 0.15) is 18.1 Å². The highest BCUT2D eigenvalue weighted by molar-refractivity contribution is 5.45. The second-order valence-electron chi connectivity index (χ2n) is 4.88. The van der Waals surface area contributed by atoms with Crippen molar-refractivity contribution in [2.75, 3.05) is 26.6 Å². The van der Waals surface area contributed by atoms with Crippen molar-refractivity contribution in [3.63, 3.8) is 0 Å². The van der Waals surface area contributed by atoms with E-state index in [4.69, 9.17) is 19.9 Å². The molecule has 0 aromatic heterocycles. The van der Waals surface area contributed by atoms with Crippen molar-refractivity contribution in [2.45, 2.75) is 12.5 Å². The summed E-state index contributed by atoms with van der Waals surface area (Å²) >= 11 is 0. The molecule has 5 heteroatoms. The summed E-state index contributed by atoms with van der Waals surface area (Å²) in [5.74, 6) is 1.40. The highest BCUT2D eigenvalue weighted by Crippen LogP contribution is 2.43. The zero-order valence-electron chi connectivity index (χ0n) is 10.1. The Hall–Kier alpha value is -1.30. The SMILES string of the molecule is NCC1(C(O)c2ccc3c(c2)OCO3)CCOC1. The molecule has 2 heterocycles. The van der Waals surface area contributed by atoms with Gasteiger partial charge in [-0.05, 0) is 24.1 Å². The fourth-order valence-electron chi connectivity index (χ4n) is 2.55. The summed E-state index contributed by atoms with van der Waals surface area (Å²) < 4.78 is 16.0. The lowest BCUT2D eigenvalue weighted by molar-refractivity contribution is 0.0189. The van der Waals surface area contributed by atoms with Crippen LogP contribution in [-0.2, 0) is 4.74 Å². The van der Waals surface area contributed by atoms with Gasteiger partial charge in [0.15, 0.2) is 11.5 Å². The lowest BCUT2D eigenvalue weighted by Gasteiger charge is -2.31. The molecular formula is C13H17NO4. The van der Waals surface area contributed by atoms with Gasteiger partial charge < -0.3 is 25.1 Å². The monoisotopic (exact) mass is 251 g/mol. The topological polar surface area (TPSA) is 73.9 Å². The van der Waals surface area contributed by atoms with Gasteiger partial charge in [-0.1, -0.05) is 6.07 Å². The Morgan fingerprint density at radius 2 is 2.17 bits per heavy atom. The van der Waals surface area contributed by atoms with Crippen molar-refractivity contribution >= 4 is 0 Å². The van der Waals surface area contributed by atoms with E-state index in [1.54, 1.807) is 0 Å². The Morgan fingerprint density at radius 3 is 2.89 bits per heavy atom. The lowest BCUT2D eigenvalue weighted by Crippen LogP contribution is -2.37. The first-order chi connectivity index (χ1) is 8.75. The third-order valence-corrected chi connectivity index (χ3v) is 3.83. The van der Waals surface area contributed by atoms with Crippen LogP contribution in [0.15, 0.2) is 18.2 Å². The summed E-state index contributed by atoms with van der Waals surface area (Å²) in [5, 5.41) is 10.5. The van der Waals surface area contributed by atoms with E-state index in [9.17, 15) is 5.11 Å². The van der Waals surface area contributed by atoms with Crippen LogP contribution in [-0.4, -0.2) is 31.7 Å². The number of hydrogen-bond donors (Lipinski definition) is 2. The zero-order chi connectivity index (χ0) is 12.6. The van der Waals surface area contributed by atoms with Crippen molar-refractivity contribution in [3.05, 3.63) is 23.8 Å². The van der Waals surface area contributed by atoms with Crippen molar-refractivity contribution < 1.29 is 19.3 Å². The molecule has 2 atom stereocenters. The fraction of sp³-hybridized carbons (Fsp3) is 0.538. The Kier molecular flexibility index (Phi) is 2.89. The molecular weight excluding hydrogens is 234 g/mol. The minimum Gasteiger partial charge on any atom is -0.454 e. The average molecular weight is 251 g/mol. The molecule has 0 radical (unpaired) electrons. The second kappa shape index (κ2) is 4.42. The minimum atomic E-state index is -0.639. The van der Waals surface area contributed by atoms with E-state index < -0.39 is 6.10 Å². The van der Waals surface area contributed by atoms with Gasteiger partial charge in [0.05, 0.1) is 12.7 Å². The van der Waals surface area contributed by atoms with Gasteiger partial charge >= 0.3 is 0 Å². The molecule has 1 fully saturated rings. The summed E-state index contributed by atoms with van der Waals surface area (Å²) in [7, 11) is 0. The highest BCUT2D eigenvalue weighted by Gasteiger charge is 2.41. The van der Waals surface area contributed by atoms with E-state index in [0.29, 0.717) is 25.5 Å². The van der Waals surface area contributed by atoms with Crippen LogP contribution in [0, 0.1) is 5.41 Å². The number of fused-ring (bicyclic) bond motifs is 1. The molecule has 1 aromatic rings. The van der Waals surface area contributed by atoms with Crippen LogP contribution in [0.2, 0.25) is 0 Å². The molecule has 3 rings (SSSR count). The molecule has 0 amide bonds. The first-order valence-electron chi connectivity index (χ1n) is 6.11. The molecule has 2 aliphatic heterocycles. The Balaban J connectivity index is 1.89. The van der Waals surface area contributed by atoms with E-state index in [-0.39, 0.29) is 12.2 Å². The minimum absolute atomic E-state index is 0.236.